The van der Waals surface area contributed by atoms with Gasteiger partial charge in [0.1, 0.15) is 11.4 Å². The van der Waals surface area contributed by atoms with Gasteiger partial charge in [-0.05, 0) is 63.6 Å². The second kappa shape index (κ2) is 10.3. The van der Waals surface area contributed by atoms with E-state index in [2.05, 4.69) is 40.0 Å². The number of carbonyl (C=O) groups excluding carboxylic acids is 1. The number of hydrogen-bond donors (Lipinski definition) is 0. The Balaban J connectivity index is 1.43. The molecule has 1 aromatic heterocycles. The highest BCUT2D eigenvalue weighted by Gasteiger charge is 2.37. The molecular weight excluding hydrogens is 456 g/mol. The molecule has 1 fully saturated rings. The van der Waals surface area contributed by atoms with E-state index in [1.807, 2.05) is 44.0 Å². The molecule has 2 atom stereocenters. The Labute approximate surface area is 214 Å². The van der Waals surface area contributed by atoms with Crippen LogP contribution in [0.25, 0.3) is 0 Å². The van der Waals surface area contributed by atoms with Crippen molar-refractivity contribution in [2.45, 2.75) is 57.8 Å². The molecule has 2 aromatic rings. The van der Waals surface area contributed by atoms with E-state index >= 15 is 0 Å². The predicted octanol–water partition coefficient (Wildman–Crippen LogP) is 4.04. The van der Waals surface area contributed by atoms with E-state index in [0.717, 1.165) is 57.1 Å². The molecule has 8 heteroatoms. The third-order valence-electron chi connectivity index (χ3n) is 7.24. The molecule has 1 amide bonds. The molecule has 1 aromatic carbocycles. The summed E-state index contributed by atoms with van der Waals surface area (Å²) in [5, 5.41) is 0. The van der Waals surface area contributed by atoms with Gasteiger partial charge < -0.3 is 19.1 Å². The fourth-order valence-electron chi connectivity index (χ4n) is 5.54. The number of anilines is 1. The van der Waals surface area contributed by atoms with Crippen LogP contribution < -0.4 is 9.64 Å². The number of morpholine rings is 1. The van der Waals surface area contributed by atoms with E-state index in [4.69, 9.17) is 14.2 Å². The standard InChI is InChI=1S/C28H38N4O4/c1-28(2,3)36-27(33)32-18-20-7-5-8-23(31-12-15-34-16-13-31)22(20)17-21(32)19-30(4)24-10-14-35-25-9-6-11-29-26(24)25/h5-9,11,21,24H,10,12-19H2,1-4H3/t21-,24?/m1/s1. The van der Waals surface area contributed by atoms with Crippen molar-refractivity contribution >= 4 is 11.8 Å². The van der Waals surface area contributed by atoms with Gasteiger partial charge in [0, 0.05) is 44.5 Å². The smallest absolute Gasteiger partial charge is 0.410 e. The number of pyridine rings is 1. The highest BCUT2D eigenvalue weighted by molar-refractivity contribution is 5.70. The van der Waals surface area contributed by atoms with Crippen LogP contribution >= 0.6 is 0 Å². The Morgan fingerprint density at radius 2 is 1.97 bits per heavy atom. The van der Waals surface area contributed by atoms with Crippen LogP contribution in [0.2, 0.25) is 0 Å². The van der Waals surface area contributed by atoms with Gasteiger partial charge in [0.2, 0.25) is 0 Å². The van der Waals surface area contributed by atoms with Gasteiger partial charge in [0.15, 0.2) is 0 Å². The molecular formula is C28H38N4O4. The van der Waals surface area contributed by atoms with E-state index in [9.17, 15) is 4.79 Å². The molecule has 3 aliphatic rings. The van der Waals surface area contributed by atoms with Crippen molar-refractivity contribution in [3.8, 4) is 5.75 Å². The second-order valence-electron chi connectivity index (χ2n) is 11.0. The summed E-state index contributed by atoms with van der Waals surface area (Å²) in [6.07, 6.45) is 3.22. The number of aromatic nitrogens is 1. The van der Waals surface area contributed by atoms with Gasteiger partial charge in [0.05, 0.1) is 37.6 Å². The van der Waals surface area contributed by atoms with Gasteiger partial charge in [-0.2, -0.15) is 0 Å². The van der Waals surface area contributed by atoms with Crippen molar-refractivity contribution in [2.24, 2.45) is 0 Å². The summed E-state index contributed by atoms with van der Waals surface area (Å²) in [7, 11) is 2.13. The van der Waals surface area contributed by atoms with Crippen molar-refractivity contribution in [3.05, 3.63) is 53.3 Å². The maximum atomic E-state index is 13.4. The summed E-state index contributed by atoms with van der Waals surface area (Å²) < 4.78 is 17.3. The lowest BCUT2D eigenvalue weighted by atomic mass is 9.91. The minimum atomic E-state index is -0.549. The van der Waals surface area contributed by atoms with Gasteiger partial charge in [-0.3, -0.25) is 14.8 Å². The van der Waals surface area contributed by atoms with E-state index < -0.39 is 5.60 Å². The van der Waals surface area contributed by atoms with Crippen LogP contribution in [0.5, 0.6) is 5.75 Å². The first-order chi connectivity index (χ1) is 17.3. The molecule has 36 heavy (non-hydrogen) atoms. The molecule has 3 aliphatic heterocycles. The molecule has 1 saturated heterocycles. The average molecular weight is 495 g/mol. The van der Waals surface area contributed by atoms with Crippen molar-refractivity contribution in [3.63, 3.8) is 0 Å². The van der Waals surface area contributed by atoms with Crippen LogP contribution in [-0.4, -0.2) is 79.0 Å². The lowest BCUT2D eigenvalue weighted by molar-refractivity contribution is 0.00586. The number of rotatable bonds is 4. The van der Waals surface area contributed by atoms with Crippen LogP contribution in [0.1, 0.15) is 50.1 Å². The molecule has 0 spiro atoms. The zero-order valence-electron chi connectivity index (χ0n) is 21.9. The highest BCUT2D eigenvalue weighted by atomic mass is 16.6. The quantitative estimate of drug-likeness (QED) is 0.636. The van der Waals surface area contributed by atoms with Crippen LogP contribution in [0.4, 0.5) is 10.5 Å². The summed E-state index contributed by atoms with van der Waals surface area (Å²) >= 11 is 0. The van der Waals surface area contributed by atoms with Crippen LogP contribution in [-0.2, 0) is 22.4 Å². The molecule has 0 radical (unpaired) electrons. The molecule has 194 valence electrons. The highest BCUT2D eigenvalue weighted by Crippen LogP contribution is 2.36. The lowest BCUT2D eigenvalue weighted by Crippen LogP contribution is -2.52. The van der Waals surface area contributed by atoms with Gasteiger partial charge in [-0.25, -0.2) is 4.79 Å². The first-order valence-corrected chi connectivity index (χ1v) is 13.0. The summed E-state index contributed by atoms with van der Waals surface area (Å²) in [5.74, 6) is 0.855. The molecule has 8 nitrogen and oxygen atoms in total. The summed E-state index contributed by atoms with van der Waals surface area (Å²) in [6.45, 7) is 11.0. The fourth-order valence-corrected chi connectivity index (χ4v) is 5.54. The SMILES string of the molecule is CN(C[C@H]1Cc2c(cccc2N2CCOCC2)CN1C(=O)OC(C)(C)C)C1CCOc2cccnc21. The van der Waals surface area contributed by atoms with Gasteiger partial charge >= 0.3 is 6.09 Å². The van der Waals surface area contributed by atoms with Crippen LogP contribution in [0.15, 0.2) is 36.5 Å². The normalized spacial score (nSPS) is 22.0. The lowest BCUT2D eigenvalue weighted by Gasteiger charge is -2.42. The molecule has 4 heterocycles. The molecule has 0 saturated carbocycles. The number of likely N-dealkylation sites (N-methyl/N-ethyl adjacent to an activating group) is 1. The molecule has 0 bridgehead atoms. The Morgan fingerprint density at radius 1 is 1.17 bits per heavy atom. The van der Waals surface area contributed by atoms with Crippen LogP contribution in [0, 0.1) is 0 Å². The molecule has 1 unspecified atom stereocenters. The molecule has 0 N–H and O–H groups in total. The number of fused-ring (bicyclic) bond motifs is 2. The first kappa shape index (κ1) is 24.8. The van der Waals surface area contributed by atoms with Crippen molar-refractivity contribution in [1.29, 1.82) is 0 Å². The van der Waals surface area contributed by atoms with E-state index in [1.165, 1.54) is 16.8 Å². The third kappa shape index (κ3) is 5.30. The topological polar surface area (TPSA) is 67.4 Å². The van der Waals surface area contributed by atoms with E-state index in [0.29, 0.717) is 13.2 Å². The zero-order chi connectivity index (χ0) is 25.3. The van der Waals surface area contributed by atoms with Gasteiger partial charge in [-0.1, -0.05) is 12.1 Å². The summed E-state index contributed by atoms with van der Waals surface area (Å²) in [4.78, 5) is 24.7. The second-order valence-corrected chi connectivity index (χ2v) is 11.0. The fraction of sp³-hybridized carbons (Fsp3) is 0.571. The minimum Gasteiger partial charge on any atom is -0.492 e. The monoisotopic (exact) mass is 494 g/mol. The number of carbonyl (C=O) groups is 1. The molecule has 0 aliphatic carbocycles. The number of nitrogens with zero attached hydrogens (tertiary/aromatic N) is 4. The Hall–Kier alpha value is -2.84. The van der Waals surface area contributed by atoms with E-state index in [-0.39, 0.29) is 18.2 Å². The largest absolute Gasteiger partial charge is 0.492 e. The van der Waals surface area contributed by atoms with Crippen molar-refractivity contribution in [1.82, 2.24) is 14.8 Å². The summed E-state index contributed by atoms with van der Waals surface area (Å²) in [5.41, 5.74) is 4.23. The number of hydrogen-bond acceptors (Lipinski definition) is 7. The van der Waals surface area contributed by atoms with Gasteiger partial charge in [0.25, 0.3) is 0 Å². The Morgan fingerprint density at radius 3 is 2.75 bits per heavy atom. The minimum absolute atomic E-state index is 0.0189. The number of amides is 1. The number of benzene rings is 1. The summed E-state index contributed by atoms with van der Waals surface area (Å²) in [6, 6.07) is 10.5. The average Bonchev–Trinajstić information content (AvgIpc) is 2.87. The number of ether oxygens (including phenoxy) is 3. The first-order valence-electron chi connectivity index (χ1n) is 13.0. The maximum absolute atomic E-state index is 13.4. The zero-order valence-corrected chi connectivity index (χ0v) is 21.9. The molecule has 5 rings (SSSR count). The van der Waals surface area contributed by atoms with E-state index in [1.54, 1.807) is 0 Å². The van der Waals surface area contributed by atoms with Crippen molar-refractivity contribution < 1.29 is 19.0 Å². The van der Waals surface area contributed by atoms with Gasteiger partial charge in [-0.15, -0.1) is 0 Å². The van der Waals surface area contributed by atoms with Crippen molar-refractivity contribution in [2.75, 3.05) is 51.4 Å². The Kier molecular flexibility index (Phi) is 7.08. The Bertz CT molecular complexity index is 1080. The predicted molar refractivity (Wildman–Crippen MR) is 138 cm³/mol. The third-order valence-corrected chi connectivity index (χ3v) is 7.24. The van der Waals surface area contributed by atoms with Crippen LogP contribution in [0.3, 0.4) is 0 Å². The maximum Gasteiger partial charge on any atom is 0.410 e.